The summed E-state index contributed by atoms with van der Waals surface area (Å²) in [5.74, 6) is 0.600. The minimum atomic E-state index is -0.129. The van der Waals surface area contributed by atoms with Crippen LogP contribution in [0.4, 0.5) is 0 Å². The lowest BCUT2D eigenvalue weighted by Gasteiger charge is -2.28. The zero-order chi connectivity index (χ0) is 18.9. The maximum absolute atomic E-state index is 3.74. The topological polar surface area (TPSA) is 15.8 Å². The fourth-order valence-corrected chi connectivity index (χ4v) is 5.34. The molecule has 28 heavy (non-hydrogen) atoms. The molecule has 0 bridgehead atoms. The second kappa shape index (κ2) is 5.48. The van der Waals surface area contributed by atoms with Crippen molar-refractivity contribution in [2.45, 2.75) is 25.7 Å². The van der Waals surface area contributed by atoms with Gasteiger partial charge < -0.3 is 4.98 Å². The standard InChI is InChI=1S/C27H23N/c1-17-12-13-20-22-15-21-19-10-6-7-11-23(19)27(2,18-8-4-3-5-9-18)24(21)16-26(22)28-25(20)14-17/h3-13,15-17,28H,14H2,1-2H3. The molecule has 0 spiro atoms. The summed E-state index contributed by atoms with van der Waals surface area (Å²) in [6.45, 7) is 4.66. The monoisotopic (exact) mass is 361 g/mol. The van der Waals surface area contributed by atoms with Gasteiger partial charge in [-0.05, 0) is 59.2 Å². The van der Waals surface area contributed by atoms with E-state index in [1.807, 2.05) is 0 Å². The van der Waals surface area contributed by atoms with Gasteiger partial charge in [-0.1, -0.05) is 73.7 Å². The highest BCUT2D eigenvalue weighted by Crippen LogP contribution is 2.53. The Kier molecular flexibility index (Phi) is 3.12. The molecule has 1 heteroatoms. The first kappa shape index (κ1) is 15.9. The van der Waals surface area contributed by atoms with Gasteiger partial charge in [0.05, 0.1) is 0 Å². The molecular weight excluding hydrogens is 338 g/mol. The van der Waals surface area contributed by atoms with Crippen molar-refractivity contribution in [2.75, 3.05) is 0 Å². The number of allylic oxidation sites excluding steroid dienone is 1. The van der Waals surface area contributed by atoms with E-state index in [0.717, 1.165) is 6.42 Å². The smallest absolute Gasteiger partial charge is 0.0465 e. The zero-order valence-electron chi connectivity index (χ0n) is 16.3. The number of nitrogens with one attached hydrogen (secondary N) is 1. The van der Waals surface area contributed by atoms with Crippen molar-refractivity contribution in [1.29, 1.82) is 0 Å². The summed E-state index contributed by atoms with van der Waals surface area (Å²) in [5, 5.41) is 1.35. The summed E-state index contributed by atoms with van der Waals surface area (Å²) in [6, 6.07) is 24.7. The Labute approximate surface area is 165 Å². The summed E-state index contributed by atoms with van der Waals surface area (Å²) in [5.41, 5.74) is 10.8. The average Bonchev–Trinajstić information content (AvgIpc) is 3.20. The Hall–Kier alpha value is -3.06. The molecule has 136 valence electrons. The van der Waals surface area contributed by atoms with Crippen LogP contribution < -0.4 is 0 Å². The summed E-state index contributed by atoms with van der Waals surface area (Å²) in [7, 11) is 0. The quantitative estimate of drug-likeness (QED) is 0.388. The Morgan fingerprint density at radius 1 is 0.893 bits per heavy atom. The van der Waals surface area contributed by atoms with E-state index in [1.54, 1.807) is 0 Å². The molecule has 1 nitrogen and oxygen atoms in total. The summed E-state index contributed by atoms with van der Waals surface area (Å²) >= 11 is 0. The molecule has 0 amide bonds. The minimum Gasteiger partial charge on any atom is -0.358 e. The van der Waals surface area contributed by atoms with Gasteiger partial charge in [-0.25, -0.2) is 0 Å². The summed E-state index contributed by atoms with van der Waals surface area (Å²) in [6.07, 6.45) is 5.74. The van der Waals surface area contributed by atoms with Crippen molar-refractivity contribution in [3.05, 3.63) is 101 Å². The van der Waals surface area contributed by atoms with Crippen molar-refractivity contribution in [3.8, 4) is 11.1 Å². The van der Waals surface area contributed by atoms with E-state index in [0.29, 0.717) is 5.92 Å². The fourth-order valence-electron chi connectivity index (χ4n) is 5.34. The van der Waals surface area contributed by atoms with E-state index in [4.69, 9.17) is 0 Å². The first-order valence-corrected chi connectivity index (χ1v) is 10.2. The second-order valence-corrected chi connectivity index (χ2v) is 8.54. The van der Waals surface area contributed by atoms with Crippen molar-refractivity contribution in [3.63, 3.8) is 0 Å². The van der Waals surface area contributed by atoms with Crippen molar-refractivity contribution in [1.82, 2.24) is 4.98 Å². The molecular formula is C27H23N. The van der Waals surface area contributed by atoms with Gasteiger partial charge in [-0.3, -0.25) is 0 Å². The third-order valence-corrected chi connectivity index (χ3v) is 6.82. The van der Waals surface area contributed by atoms with E-state index in [1.165, 1.54) is 50.0 Å². The van der Waals surface area contributed by atoms with E-state index in [-0.39, 0.29) is 5.41 Å². The molecule has 0 radical (unpaired) electrons. The Morgan fingerprint density at radius 3 is 2.54 bits per heavy atom. The number of H-pyrrole nitrogens is 1. The number of hydrogen-bond acceptors (Lipinski definition) is 0. The van der Waals surface area contributed by atoms with Crippen molar-refractivity contribution < 1.29 is 0 Å². The van der Waals surface area contributed by atoms with Crippen LogP contribution in [0, 0.1) is 5.92 Å². The van der Waals surface area contributed by atoms with Gasteiger partial charge >= 0.3 is 0 Å². The van der Waals surface area contributed by atoms with Crippen LogP contribution in [0.2, 0.25) is 0 Å². The number of rotatable bonds is 1. The molecule has 2 aliphatic rings. The molecule has 6 rings (SSSR count). The Morgan fingerprint density at radius 2 is 1.68 bits per heavy atom. The van der Waals surface area contributed by atoms with Gasteiger partial charge in [0.1, 0.15) is 0 Å². The van der Waals surface area contributed by atoms with Gasteiger partial charge in [0, 0.05) is 27.6 Å². The third kappa shape index (κ3) is 1.97. The van der Waals surface area contributed by atoms with Crippen LogP contribution in [0.25, 0.3) is 28.1 Å². The van der Waals surface area contributed by atoms with Crippen LogP contribution in [0.1, 0.15) is 41.8 Å². The van der Waals surface area contributed by atoms with Crippen LogP contribution in [-0.4, -0.2) is 4.98 Å². The lowest BCUT2D eigenvalue weighted by atomic mass is 9.74. The van der Waals surface area contributed by atoms with Crippen molar-refractivity contribution >= 4 is 17.0 Å². The molecule has 1 heterocycles. The van der Waals surface area contributed by atoms with Crippen LogP contribution in [-0.2, 0) is 11.8 Å². The van der Waals surface area contributed by atoms with E-state index in [2.05, 4.69) is 97.7 Å². The number of benzene rings is 3. The Balaban J connectivity index is 1.69. The first-order valence-electron chi connectivity index (χ1n) is 10.2. The second-order valence-electron chi connectivity index (χ2n) is 8.54. The molecule has 0 fully saturated rings. The zero-order valence-corrected chi connectivity index (χ0v) is 16.3. The van der Waals surface area contributed by atoms with E-state index in [9.17, 15) is 0 Å². The number of aromatic nitrogens is 1. The summed E-state index contributed by atoms with van der Waals surface area (Å²) in [4.78, 5) is 3.74. The first-order chi connectivity index (χ1) is 13.7. The van der Waals surface area contributed by atoms with Gasteiger partial charge in [-0.15, -0.1) is 0 Å². The van der Waals surface area contributed by atoms with E-state index >= 15 is 0 Å². The maximum atomic E-state index is 3.74. The molecule has 0 saturated heterocycles. The summed E-state index contributed by atoms with van der Waals surface area (Å²) < 4.78 is 0. The largest absolute Gasteiger partial charge is 0.358 e. The SMILES string of the molecule is CC1C=Cc2c([nH]c3cc4c(cc23)-c2ccccc2C4(C)c2ccccc2)C1. The van der Waals surface area contributed by atoms with Crippen LogP contribution >= 0.6 is 0 Å². The van der Waals surface area contributed by atoms with Gasteiger partial charge in [0.15, 0.2) is 0 Å². The highest BCUT2D eigenvalue weighted by atomic mass is 14.7. The Bertz CT molecular complexity index is 1260. The molecule has 2 unspecified atom stereocenters. The van der Waals surface area contributed by atoms with Crippen LogP contribution in [0.15, 0.2) is 72.8 Å². The lowest BCUT2D eigenvalue weighted by molar-refractivity contribution is 0.705. The van der Waals surface area contributed by atoms with Gasteiger partial charge in [-0.2, -0.15) is 0 Å². The third-order valence-electron chi connectivity index (χ3n) is 6.82. The molecule has 1 N–H and O–H groups in total. The normalized spacial score (nSPS) is 22.1. The van der Waals surface area contributed by atoms with Crippen LogP contribution in [0.5, 0.6) is 0 Å². The highest BCUT2D eigenvalue weighted by Gasteiger charge is 2.41. The molecule has 2 atom stereocenters. The number of aromatic amines is 1. The molecule has 3 aromatic carbocycles. The molecule has 0 saturated carbocycles. The lowest BCUT2D eigenvalue weighted by Crippen LogP contribution is -2.22. The number of fused-ring (bicyclic) bond motifs is 6. The minimum absolute atomic E-state index is 0.129. The van der Waals surface area contributed by atoms with Gasteiger partial charge in [0.2, 0.25) is 0 Å². The molecule has 0 aliphatic heterocycles. The van der Waals surface area contributed by atoms with Crippen molar-refractivity contribution in [2.24, 2.45) is 5.92 Å². The predicted octanol–water partition coefficient (Wildman–Crippen LogP) is 6.71. The fraction of sp³-hybridized carbons (Fsp3) is 0.185. The molecule has 4 aromatic rings. The van der Waals surface area contributed by atoms with Gasteiger partial charge in [0.25, 0.3) is 0 Å². The highest BCUT2D eigenvalue weighted by molar-refractivity contribution is 5.98. The van der Waals surface area contributed by atoms with Crippen LogP contribution in [0.3, 0.4) is 0 Å². The number of hydrogen-bond donors (Lipinski definition) is 1. The van der Waals surface area contributed by atoms with E-state index < -0.39 is 0 Å². The molecule has 2 aliphatic carbocycles. The maximum Gasteiger partial charge on any atom is 0.0465 e. The molecule has 1 aromatic heterocycles. The predicted molar refractivity (Wildman–Crippen MR) is 118 cm³/mol. The average molecular weight is 361 g/mol.